The smallest absolute Gasteiger partial charge is 0.225 e. The first-order chi connectivity index (χ1) is 12.3. The number of nitrogens with zero attached hydrogens (tertiary/aromatic N) is 1. The van der Waals surface area contributed by atoms with Gasteiger partial charge in [0.15, 0.2) is 0 Å². The van der Waals surface area contributed by atoms with Crippen molar-refractivity contribution in [2.45, 2.75) is 31.7 Å². The maximum absolute atomic E-state index is 12.3. The lowest BCUT2D eigenvalue weighted by Crippen LogP contribution is -2.41. The molecule has 1 saturated heterocycles. The first-order valence-electron chi connectivity index (χ1n) is 9.04. The van der Waals surface area contributed by atoms with Crippen molar-refractivity contribution in [2.75, 3.05) is 26.7 Å². The molecule has 2 N–H and O–H groups in total. The fraction of sp³-hybridized carbons (Fsp3) is 0.450. The highest BCUT2D eigenvalue weighted by Crippen LogP contribution is 2.30. The van der Waals surface area contributed by atoms with E-state index >= 15 is 0 Å². The molecule has 1 atom stereocenters. The van der Waals surface area contributed by atoms with Crippen LogP contribution in [0.15, 0.2) is 42.6 Å². The van der Waals surface area contributed by atoms with Crippen LogP contribution in [0.1, 0.15) is 36.6 Å². The average molecular weight is 341 g/mol. The number of hydrogen-bond acceptors (Lipinski definition) is 3. The Morgan fingerprint density at radius 2 is 2.00 bits per heavy atom. The summed E-state index contributed by atoms with van der Waals surface area (Å²) in [4.78, 5) is 17.8. The van der Waals surface area contributed by atoms with E-state index in [1.165, 1.54) is 19.3 Å². The summed E-state index contributed by atoms with van der Waals surface area (Å²) in [6, 6.07) is 12.1. The minimum Gasteiger partial charge on any atom is -0.496 e. The molecule has 1 fully saturated rings. The molecule has 2 aromatic rings. The van der Waals surface area contributed by atoms with Gasteiger partial charge < -0.3 is 15.0 Å². The van der Waals surface area contributed by atoms with Crippen molar-refractivity contribution >= 4 is 5.91 Å². The number of hydrogen-bond donors (Lipinski definition) is 2. The molecule has 1 amide bonds. The van der Waals surface area contributed by atoms with Crippen LogP contribution in [0, 0.1) is 0 Å². The zero-order chi connectivity index (χ0) is 17.5. The summed E-state index contributed by atoms with van der Waals surface area (Å²) in [5, 5.41) is 3.11. The number of piperidine rings is 1. The third-order valence-electron chi connectivity index (χ3n) is 4.84. The maximum atomic E-state index is 12.3. The quantitative estimate of drug-likeness (QED) is 0.814. The van der Waals surface area contributed by atoms with Crippen LogP contribution < -0.4 is 10.1 Å². The van der Waals surface area contributed by atoms with E-state index in [-0.39, 0.29) is 11.9 Å². The van der Waals surface area contributed by atoms with Gasteiger partial charge in [0.1, 0.15) is 5.75 Å². The van der Waals surface area contributed by atoms with Crippen LogP contribution in [0.2, 0.25) is 0 Å². The first kappa shape index (κ1) is 17.5. The summed E-state index contributed by atoms with van der Waals surface area (Å²) in [5.74, 6) is 0.927. The number of ether oxygens (including phenoxy) is 1. The molecule has 2 heterocycles. The minimum atomic E-state index is 0.0411. The summed E-state index contributed by atoms with van der Waals surface area (Å²) in [6.45, 7) is 2.73. The Hall–Kier alpha value is -2.27. The number of likely N-dealkylation sites (tertiary alicyclic amines) is 1. The largest absolute Gasteiger partial charge is 0.496 e. The molecule has 1 aliphatic rings. The van der Waals surface area contributed by atoms with Crippen LogP contribution in [0.25, 0.3) is 0 Å². The predicted molar refractivity (Wildman–Crippen MR) is 98.7 cm³/mol. The molecular formula is C20H27N3O2. The average Bonchev–Trinajstić information content (AvgIpc) is 3.16. The second kappa shape index (κ2) is 8.72. The topological polar surface area (TPSA) is 57.4 Å². The van der Waals surface area contributed by atoms with Crippen molar-refractivity contribution in [1.29, 1.82) is 0 Å². The van der Waals surface area contributed by atoms with E-state index in [2.05, 4.69) is 21.3 Å². The highest BCUT2D eigenvalue weighted by molar-refractivity contribution is 5.78. The number of H-pyrrole nitrogens is 1. The van der Waals surface area contributed by atoms with Gasteiger partial charge in [0.25, 0.3) is 0 Å². The molecule has 5 nitrogen and oxygen atoms in total. The van der Waals surface area contributed by atoms with Gasteiger partial charge >= 0.3 is 0 Å². The van der Waals surface area contributed by atoms with Crippen LogP contribution in [0.5, 0.6) is 5.75 Å². The third kappa shape index (κ3) is 4.63. The lowest BCUT2D eigenvalue weighted by molar-refractivity contribution is -0.120. The maximum Gasteiger partial charge on any atom is 0.225 e. The number of carbonyl (C=O) groups excluding carboxylic acids is 1. The van der Waals surface area contributed by atoms with Gasteiger partial charge in [-0.2, -0.15) is 0 Å². The lowest BCUT2D eigenvalue weighted by atomic mass is 10.0. The fourth-order valence-corrected chi connectivity index (χ4v) is 3.53. The van der Waals surface area contributed by atoms with E-state index in [9.17, 15) is 4.79 Å². The second-order valence-electron chi connectivity index (χ2n) is 6.53. The van der Waals surface area contributed by atoms with Gasteiger partial charge in [-0.3, -0.25) is 9.69 Å². The Bertz CT molecular complexity index is 663. The van der Waals surface area contributed by atoms with Crippen molar-refractivity contribution < 1.29 is 9.53 Å². The van der Waals surface area contributed by atoms with Crippen molar-refractivity contribution in [1.82, 2.24) is 15.2 Å². The zero-order valence-corrected chi connectivity index (χ0v) is 14.8. The molecule has 25 heavy (non-hydrogen) atoms. The van der Waals surface area contributed by atoms with Crippen molar-refractivity contribution in [3.8, 4) is 5.75 Å². The Labute approximate surface area is 149 Å². The molecule has 5 heteroatoms. The van der Waals surface area contributed by atoms with E-state index in [0.717, 1.165) is 30.1 Å². The molecule has 134 valence electrons. The second-order valence-corrected chi connectivity index (χ2v) is 6.53. The molecule has 0 aliphatic carbocycles. The summed E-state index contributed by atoms with van der Waals surface area (Å²) >= 11 is 0. The Balaban J connectivity index is 1.71. The number of aromatic nitrogens is 1. The fourth-order valence-electron chi connectivity index (χ4n) is 3.53. The molecule has 0 spiro atoms. The number of para-hydroxylation sites is 1. The van der Waals surface area contributed by atoms with Crippen LogP contribution in [0.3, 0.4) is 0 Å². The Kier molecular flexibility index (Phi) is 6.12. The molecule has 0 radical (unpaired) electrons. The molecule has 1 unspecified atom stereocenters. The van der Waals surface area contributed by atoms with Crippen molar-refractivity contribution in [3.63, 3.8) is 0 Å². The molecule has 0 bridgehead atoms. The van der Waals surface area contributed by atoms with Crippen molar-refractivity contribution in [2.24, 2.45) is 0 Å². The summed E-state index contributed by atoms with van der Waals surface area (Å²) < 4.78 is 5.56. The van der Waals surface area contributed by atoms with Gasteiger partial charge in [0.05, 0.1) is 19.6 Å². The Morgan fingerprint density at radius 3 is 2.72 bits per heavy atom. The van der Waals surface area contributed by atoms with Gasteiger partial charge in [-0.15, -0.1) is 0 Å². The molecule has 0 saturated carbocycles. The van der Waals surface area contributed by atoms with E-state index in [1.807, 2.05) is 36.5 Å². The van der Waals surface area contributed by atoms with Gasteiger partial charge in [-0.05, 0) is 44.1 Å². The van der Waals surface area contributed by atoms with Crippen LogP contribution >= 0.6 is 0 Å². The number of aromatic amines is 1. The number of methoxy groups -OCH3 is 1. The monoisotopic (exact) mass is 341 g/mol. The van der Waals surface area contributed by atoms with Crippen LogP contribution in [-0.2, 0) is 11.2 Å². The van der Waals surface area contributed by atoms with Gasteiger partial charge in [-0.1, -0.05) is 24.6 Å². The SMILES string of the molecule is COc1ccccc1C(CNC(=O)Cc1ccc[nH]1)N1CCCCC1. The molecule has 1 aromatic heterocycles. The normalized spacial score (nSPS) is 16.4. The van der Waals surface area contributed by atoms with Crippen LogP contribution in [0.4, 0.5) is 0 Å². The number of nitrogens with one attached hydrogen (secondary N) is 2. The summed E-state index contributed by atoms with van der Waals surface area (Å²) in [5.41, 5.74) is 2.08. The first-order valence-corrected chi connectivity index (χ1v) is 9.04. The number of rotatable bonds is 7. The van der Waals surface area contributed by atoms with Gasteiger partial charge in [0, 0.05) is 24.0 Å². The number of benzene rings is 1. The summed E-state index contributed by atoms with van der Waals surface area (Å²) in [7, 11) is 1.70. The Morgan fingerprint density at radius 1 is 1.20 bits per heavy atom. The lowest BCUT2D eigenvalue weighted by Gasteiger charge is -2.35. The summed E-state index contributed by atoms with van der Waals surface area (Å²) in [6.07, 6.45) is 5.93. The van der Waals surface area contributed by atoms with Crippen LogP contribution in [-0.4, -0.2) is 42.5 Å². The van der Waals surface area contributed by atoms with Gasteiger partial charge in [0.2, 0.25) is 5.91 Å². The van der Waals surface area contributed by atoms with E-state index in [1.54, 1.807) is 7.11 Å². The zero-order valence-electron chi connectivity index (χ0n) is 14.8. The van der Waals surface area contributed by atoms with Gasteiger partial charge in [-0.25, -0.2) is 0 Å². The molecule has 1 aliphatic heterocycles. The number of carbonyl (C=O) groups is 1. The highest BCUT2D eigenvalue weighted by atomic mass is 16.5. The third-order valence-corrected chi connectivity index (χ3v) is 4.84. The van der Waals surface area contributed by atoms with E-state index in [4.69, 9.17) is 4.74 Å². The van der Waals surface area contributed by atoms with E-state index < -0.39 is 0 Å². The van der Waals surface area contributed by atoms with Crippen molar-refractivity contribution in [3.05, 3.63) is 53.9 Å². The highest BCUT2D eigenvalue weighted by Gasteiger charge is 2.25. The standard InChI is InChI=1S/C20H27N3O2/c1-25-19-10-4-3-9-17(19)18(23-12-5-2-6-13-23)15-22-20(24)14-16-8-7-11-21-16/h3-4,7-11,18,21H,2,5-6,12-15H2,1H3,(H,22,24). The minimum absolute atomic E-state index is 0.0411. The van der Waals surface area contributed by atoms with E-state index in [0.29, 0.717) is 13.0 Å². The molecule has 1 aromatic carbocycles. The number of amides is 1. The molecule has 3 rings (SSSR count). The predicted octanol–water partition coefficient (Wildman–Crippen LogP) is 2.91. The molecular weight excluding hydrogens is 314 g/mol.